The van der Waals surface area contributed by atoms with Gasteiger partial charge in [0.1, 0.15) is 11.5 Å². The van der Waals surface area contributed by atoms with Gasteiger partial charge in [0.15, 0.2) is 16.3 Å². The van der Waals surface area contributed by atoms with Crippen LogP contribution in [0.3, 0.4) is 0 Å². The molecule has 6 rings (SSSR count). The molecule has 0 fully saturated rings. The number of benzene rings is 2. The van der Waals surface area contributed by atoms with Gasteiger partial charge in [-0.3, -0.25) is 19.5 Å². The molecule has 0 spiro atoms. The van der Waals surface area contributed by atoms with Crippen LogP contribution in [0.25, 0.3) is 17.4 Å². The number of rotatable bonds is 8. The molecular weight excluding hydrogens is 581 g/mol. The molecule has 220 valence electrons. The highest BCUT2D eigenvalue weighted by atomic mass is 32.1. The van der Waals surface area contributed by atoms with Crippen molar-refractivity contribution in [2.75, 3.05) is 13.4 Å². The van der Waals surface area contributed by atoms with Crippen LogP contribution in [0.15, 0.2) is 74.0 Å². The Morgan fingerprint density at radius 2 is 2.00 bits per heavy atom. The van der Waals surface area contributed by atoms with Gasteiger partial charge in [-0.15, -0.1) is 0 Å². The van der Waals surface area contributed by atoms with Crippen molar-refractivity contribution in [3.63, 3.8) is 0 Å². The molecule has 2 aliphatic heterocycles. The number of halogens is 1. The summed E-state index contributed by atoms with van der Waals surface area (Å²) in [6, 6.07) is 11.1. The van der Waals surface area contributed by atoms with Crippen molar-refractivity contribution in [3.8, 4) is 22.8 Å². The number of nitro groups is 1. The number of hydrogen-bond acceptors (Lipinski definition) is 10. The van der Waals surface area contributed by atoms with Gasteiger partial charge in [0.05, 0.1) is 33.4 Å². The van der Waals surface area contributed by atoms with E-state index in [-0.39, 0.29) is 29.3 Å². The van der Waals surface area contributed by atoms with Gasteiger partial charge in [0.2, 0.25) is 12.6 Å². The summed E-state index contributed by atoms with van der Waals surface area (Å²) in [6.07, 6.45) is 2.74. The first-order valence-corrected chi connectivity index (χ1v) is 14.3. The largest absolute Gasteiger partial charge is 0.463 e. The van der Waals surface area contributed by atoms with Crippen molar-refractivity contribution >= 4 is 29.1 Å². The number of ether oxygens (including phenoxy) is 3. The highest BCUT2D eigenvalue weighted by Crippen LogP contribution is 2.39. The maximum atomic E-state index is 14.0. The highest BCUT2D eigenvalue weighted by molar-refractivity contribution is 7.07. The van der Waals surface area contributed by atoms with Crippen molar-refractivity contribution < 1.29 is 32.7 Å². The van der Waals surface area contributed by atoms with Gasteiger partial charge in [0.25, 0.3) is 5.56 Å². The first kappa shape index (κ1) is 28.1. The predicted octanol–water partition coefficient (Wildman–Crippen LogP) is 4.61. The lowest BCUT2D eigenvalue weighted by Gasteiger charge is -2.25. The Kier molecular flexibility index (Phi) is 7.40. The molecule has 13 heteroatoms. The van der Waals surface area contributed by atoms with E-state index in [0.29, 0.717) is 51.7 Å². The van der Waals surface area contributed by atoms with Crippen molar-refractivity contribution in [3.05, 3.63) is 107 Å². The van der Waals surface area contributed by atoms with Crippen LogP contribution in [0, 0.1) is 15.9 Å². The molecule has 1 atom stereocenters. The van der Waals surface area contributed by atoms with Crippen molar-refractivity contribution in [2.45, 2.75) is 32.7 Å². The third-order valence-electron chi connectivity index (χ3n) is 6.93. The van der Waals surface area contributed by atoms with Gasteiger partial charge in [-0.2, -0.15) is 4.39 Å². The Bertz CT molecular complexity index is 1990. The topological polar surface area (TPSA) is 135 Å². The second-order valence-electron chi connectivity index (χ2n) is 9.65. The molecule has 0 aliphatic carbocycles. The van der Waals surface area contributed by atoms with Crippen LogP contribution < -0.4 is 24.4 Å². The highest BCUT2D eigenvalue weighted by Gasteiger charge is 2.35. The van der Waals surface area contributed by atoms with Gasteiger partial charge in [-0.05, 0) is 55.3 Å². The Hall–Kier alpha value is -5.04. The molecule has 2 aromatic heterocycles. The molecular formula is C30H24FN3O8S. The molecule has 4 heterocycles. The summed E-state index contributed by atoms with van der Waals surface area (Å²) in [7, 11) is 0. The van der Waals surface area contributed by atoms with E-state index in [0.717, 1.165) is 23.5 Å². The van der Waals surface area contributed by atoms with E-state index < -0.39 is 34.0 Å². The zero-order chi connectivity index (χ0) is 30.2. The Morgan fingerprint density at radius 1 is 1.19 bits per heavy atom. The van der Waals surface area contributed by atoms with Crippen LogP contribution >= 0.6 is 11.3 Å². The van der Waals surface area contributed by atoms with E-state index in [1.165, 1.54) is 16.7 Å². The smallest absolute Gasteiger partial charge is 0.338 e. The molecule has 0 saturated carbocycles. The number of nitrogens with zero attached hydrogens (tertiary/aromatic N) is 3. The molecule has 11 nitrogen and oxygen atoms in total. The lowest BCUT2D eigenvalue weighted by Crippen LogP contribution is -2.40. The predicted molar refractivity (Wildman–Crippen MR) is 153 cm³/mol. The fourth-order valence-corrected chi connectivity index (χ4v) is 6.04. The first-order valence-electron chi connectivity index (χ1n) is 13.4. The molecule has 2 aromatic carbocycles. The van der Waals surface area contributed by atoms with Gasteiger partial charge in [-0.25, -0.2) is 9.79 Å². The summed E-state index contributed by atoms with van der Waals surface area (Å²) in [5.41, 5.74) is 0.669. The summed E-state index contributed by atoms with van der Waals surface area (Å²) in [5.74, 6) is 0.104. The number of nitro benzene ring substituents is 1. The molecule has 0 amide bonds. The van der Waals surface area contributed by atoms with E-state index in [1.807, 2.05) is 6.92 Å². The Balaban J connectivity index is 1.48. The monoisotopic (exact) mass is 605 g/mol. The number of fused-ring (bicyclic) bond motifs is 2. The third kappa shape index (κ3) is 5.12. The minimum Gasteiger partial charge on any atom is -0.463 e. The maximum Gasteiger partial charge on any atom is 0.338 e. The molecule has 0 saturated heterocycles. The second-order valence-corrected chi connectivity index (χ2v) is 10.7. The molecule has 0 unspecified atom stereocenters. The zero-order valence-electron chi connectivity index (χ0n) is 23.0. The number of allylic oxidation sites excluding steroid dienone is 1. The van der Waals surface area contributed by atoms with Crippen LogP contribution in [0.5, 0.6) is 11.5 Å². The number of carbonyl (C=O) groups is 1. The number of esters is 1. The molecule has 0 radical (unpaired) electrons. The lowest BCUT2D eigenvalue weighted by atomic mass is 9.94. The van der Waals surface area contributed by atoms with E-state index >= 15 is 0 Å². The minimum absolute atomic E-state index is 0.0691. The van der Waals surface area contributed by atoms with Crippen LogP contribution in [0.2, 0.25) is 0 Å². The van der Waals surface area contributed by atoms with Crippen LogP contribution in [-0.4, -0.2) is 28.9 Å². The van der Waals surface area contributed by atoms with E-state index in [1.54, 1.807) is 37.3 Å². The van der Waals surface area contributed by atoms with Crippen LogP contribution in [-0.2, 0) is 9.53 Å². The standard InChI is InChI=1S/C30H24FN3O8S/c1-3-5-20-26(29(36)39-4-2)27(17-7-10-23-24(13-17)41-15-40-23)33-28(35)25(43-30(33)32-20)14-18-8-11-22(42-18)16-6-9-19(31)21(12-16)34(37)38/h6-14,27H,3-5,15H2,1-2H3/b25-14-/t27-/m1/s1. The quantitative estimate of drug-likeness (QED) is 0.161. The third-order valence-corrected chi connectivity index (χ3v) is 7.91. The summed E-state index contributed by atoms with van der Waals surface area (Å²) in [5, 5.41) is 11.2. The Morgan fingerprint density at radius 3 is 2.77 bits per heavy atom. The van der Waals surface area contributed by atoms with E-state index in [2.05, 4.69) is 0 Å². The fourth-order valence-electron chi connectivity index (χ4n) is 5.04. The average molecular weight is 606 g/mol. The van der Waals surface area contributed by atoms with Crippen molar-refractivity contribution in [1.82, 2.24) is 4.57 Å². The number of carbonyl (C=O) groups excluding carboxylic acids is 1. The van der Waals surface area contributed by atoms with Crippen molar-refractivity contribution in [1.29, 1.82) is 0 Å². The summed E-state index contributed by atoms with van der Waals surface area (Å²) >= 11 is 1.14. The molecule has 2 aliphatic rings. The molecule has 4 aromatic rings. The van der Waals surface area contributed by atoms with Gasteiger partial charge < -0.3 is 18.6 Å². The van der Waals surface area contributed by atoms with Gasteiger partial charge in [0, 0.05) is 17.7 Å². The average Bonchev–Trinajstić information content (AvgIpc) is 3.72. The molecule has 0 N–H and O–H groups in total. The maximum absolute atomic E-state index is 14.0. The number of thiazole rings is 1. The van der Waals surface area contributed by atoms with E-state index in [9.17, 15) is 24.1 Å². The second kappa shape index (κ2) is 11.3. The minimum atomic E-state index is -0.955. The summed E-state index contributed by atoms with van der Waals surface area (Å²) < 4.78 is 37.9. The molecule has 0 bridgehead atoms. The van der Waals surface area contributed by atoms with Gasteiger partial charge in [-0.1, -0.05) is 30.7 Å². The summed E-state index contributed by atoms with van der Waals surface area (Å²) in [6.45, 7) is 3.91. The zero-order valence-corrected chi connectivity index (χ0v) is 23.8. The van der Waals surface area contributed by atoms with Crippen LogP contribution in [0.1, 0.15) is 44.1 Å². The number of furan rings is 1. The summed E-state index contributed by atoms with van der Waals surface area (Å²) in [4.78, 5) is 42.8. The SMILES string of the molecule is CCCC1=C(C(=O)OCC)[C@@H](c2ccc3c(c2)OCO3)n2c(s/c(=C\c3ccc(-c4ccc(F)c([N+](=O)[O-])c4)o3)c2=O)=N1. The van der Waals surface area contributed by atoms with Gasteiger partial charge >= 0.3 is 11.7 Å². The normalized spacial score (nSPS) is 15.8. The molecule has 43 heavy (non-hydrogen) atoms. The van der Waals surface area contributed by atoms with E-state index in [4.69, 9.17) is 23.6 Å². The number of aromatic nitrogens is 1. The Labute approximate surface area is 246 Å². The van der Waals surface area contributed by atoms with Crippen LogP contribution in [0.4, 0.5) is 10.1 Å². The fraction of sp³-hybridized carbons (Fsp3) is 0.233. The first-order chi connectivity index (χ1) is 20.8. The van der Waals surface area contributed by atoms with Crippen molar-refractivity contribution in [2.24, 2.45) is 4.99 Å². The number of hydrogen-bond donors (Lipinski definition) is 0. The lowest BCUT2D eigenvalue weighted by molar-refractivity contribution is -0.387.